The summed E-state index contributed by atoms with van der Waals surface area (Å²) in [5.74, 6) is 0.806. The van der Waals surface area contributed by atoms with E-state index in [4.69, 9.17) is 4.74 Å². The molecule has 1 aliphatic heterocycles. The van der Waals surface area contributed by atoms with E-state index in [1.807, 2.05) is 66.4 Å². The molecule has 5 heteroatoms. The summed E-state index contributed by atoms with van der Waals surface area (Å²) in [6.07, 6.45) is 2.07. The predicted octanol–water partition coefficient (Wildman–Crippen LogP) is 4.44. The largest absolute Gasteiger partial charge is 0.497 e. The number of benzene rings is 2. The Balaban J connectivity index is 1.65. The lowest BCUT2D eigenvalue weighted by molar-refractivity contribution is 0.182. The zero-order valence-corrected chi connectivity index (χ0v) is 15.6. The van der Waals surface area contributed by atoms with Crippen molar-refractivity contribution in [3.05, 3.63) is 83.7 Å². The highest BCUT2D eigenvalue weighted by molar-refractivity contribution is 5.90. The number of rotatable bonds is 3. The molecular weight excluding hydrogens is 338 g/mol. The van der Waals surface area contributed by atoms with E-state index in [1.54, 1.807) is 7.11 Å². The van der Waals surface area contributed by atoms with E-state index in [2.05, 4.69) is 22.1 Å². The van der Waals surface area contributed by atoms with Crippen molar-refractivity contribution in [2.24, 2.45) is 0 Å². The van der Waals surface area contributed by atoms with E-state index in [0.717, 1.165) is 29.2 Å². The maximum Gasteiger partial charge on any atom is 0.322 e. The highest BCUT2D eigenvalue weighted by atomic mass is 16.5. The lowest BCUT2D eigenvalue weighted by Crippen LogP contribution is -2.44. The van der Waals surface area contributed by atoms with Gasteiger partial charge in [0.1, 0.15) is 5.75 Å². The molecule has 0 radical (unpaired) electrons. The van der Waals surface area contributed by atoms with Crippen LogP contribution in [0.4, 0.5) is 10.5 Å². The fraction of sp³-hybridized carbons (Fsp3) is 0.227. The summed E-state index contributed by atoms with van der Waals surface area (Å²) in [5, 5.41) is 3.04. The average Bonchev–Trinajstić information content (AvgIpc) is 3.18. The lowest BCUT2D eigenvalue weighted by atomic mass is 10.00. The summed E-state index contributed by atoms with van der Waals surface area (Å²) < 4.78 is 7.49. The molecule has 0 fully saturated rings. The number of amides is 2. The molecule has 2 heterocycles. The summed E-state index contributed by atoms with van der Waals surface area (Å²) in [6, 6.07) is 19.7. The van der Waals surface area contributed by atoms with E-state index in [9.17, 15) is 4.79 Å². The van der Waals surface area contributed by atoms with Crippen LogP contribution in [0.25, 0.3) is 0 Å². The predicted molar refractivity (Wildman–Crippen MR) is 106 cm³/mol. The fourth-order valence-electron chi connectivity index (χ4n) is 3.57. The molecule has 0 saturated heterocycles. The van der Waals surface area contributed by atoms with Crippen LogP contribution in [0.1, 0.15) is 22.9 Å². The van der Waals surface area contributed by atoms with Crippen molar-refractivity contribution in [3.8, 4) is 5.75 Å². The summed E-state index contributed by atoms with van der Waals surface area (Å²) in [6.45, 7) is 3.47. The van der Waals surface area contributed by atoms with Crippen LogP contribution in [-0.4, -0.2) is 29.2 Å². The minimum Gasteiger partial charge on any atom is -0.497 e. The molecule has 0 unspecified atom stereocenters. The van der Waals surface area contributed by atoms with Crippen molar-refractivity contribution >= 4 is 11.7 Å². The fourth-order valence-corrected chi connectivity index (χ4v) is 3.57. The number of aromatic nitrogens is 1. The van der Waals surface area contributed by atoms with Gasteiger partial charge in [-0.3, -0.25) is 0 Å². The van der Waals surface area contributed by atoms with Gasteiger partial charge in [0.05, 0.1) is 13.2 Å². The third-order valence-corrected chi connectivity index (χ3v) is 5.03. The minimum absolute atomic E-state index is 0.0906. The second kappa shape index (κ2) is 7.19. The number of ether oxygens (including phenoxy) is 1. The number of carbonyl (C=O) groups is 1. The SMILES string of the molecule is COc1ccc([C@@H]2c3cccn3CCN2C(=O)Nc2ccc(C)cc2)cc1. The van der Waals surface area contributed by atoms with Crippen molar-refractivity contribution < 1.29 is 9.53 Å². The summed E-state index contributed by atoms with van der Waals surface area (Å²) in [7, 11) is 1.65. The zero-order valence-electron chi connectivity index (χ0n) is 15.6. The van der Waals surface area contributed by atoms with Gasteiger partial charge in [0, 0.05) is 30.7 Å². The maximum absolute atomic E-state index is 13.1. The highest BCUT2D eigenvalue weighted by Gasteiger charge is 2.32. The van der Waals surface area contributed by atoms with Gasteiger partial charge >= 0.3 is 6.03 Å². The molecule has 0 aliphatic carbocycles. The number of hydrogen-bond acceptors (Lipinski definition) is 2. The third kappa shape index (κ3) is 3.40. The Hall–Kier alpha value is -3.21. The number of fused-ring (bicyclic) bond motifs is 1. The Morgan fingerprint density at radius 3 is 2.48 bits per heavy atom. The molecule has 2 amide bonds. The lowest BCUT2D eigenvalue weighted by Gasteiger charge is -2.37. The van der Waals surface area contributed by atoms with E-state index < -0.39 is 0 Å². The zero-order chi connectivity index (χ0) is 18.8. The van der Waals surface area contributed by atoms with Crippen LogP contribution >= 0.6 is 0 Å². The van der Waals surface area contributed by atoms with Crippen molar-refractivity contribution in [1.82, 2.24) is 9.47 Å². The molecule has 1 N–H and O–H groups in total. The molecule has 3 aromatic rings. The topological polar surface area (TPSA) is 46.5 Å². The van der Waals surface area contributed by atoms with Gasteiger partial charge in [0.2, 0.25) is 0 Å². The van der Waals surface area contributed by atoms with Crippen molar-refractivity contribution in [1.29, 1.82) is 0 Å². The van der Waals surface area contributed by atoms with E-state index in [-0.39, 0.29) is 12.1 Å². The smallest absolute Gasteiger partial charge is 0.322 e. The number of carbonyl (C=O) groups excluding carboxylic acids is 1. The first-order chi connectivity index (χ1) is 13.2. The molecular formula is C22H23N3O2. The summed E-state index contributed by atoms with van der Waals surface area (Å²) in [4.78, 5) is 15.0. The summed E-state index contributed by atoms with van der Waals surface area (Å²) in [5.41, 5.74) is 4.15. The van der Waals surface area contributed by atoms with Gasteiger partial charge in [-0.05, 0) is 48.9 Å². The van der Waals surface area contributed by atoms with Gasteiger partial charge in [-0.15, -0.1) is 0 Å². The highest BCUT2D eigenvalue weighted by Crippen LogP contribution is 2.33. The molecule has 27 heavy (non-hydrogen) atoms. The van der Waals surface area contributed by atoms with Crippen LogP contribution in [0.2, 0.25) is 0 Å². The van der Waals surface area contributed by atoms with Crippen LogP contribution in [-0.2, 0) is 6.54 Å². The number of anilines is 1. The second-order valence-corrected chi connectivity index (χ2v) is 6.79. The first-order valence-electron chi connectivity index (χ1n) is 9.09. The van der Waals surface area contributed by atoms with Crippen LogP contribution in [0.15, 0.2) is 66.9 Å². The number of urea groups is 1. The molecule has 5 nitrogen and oxygen atoms in total. The van der Waals surface area contributed by atoms with Gasteiger partial charge in [0.25, 0.3) is 0 Å². The van der Waals surface area contributed by atoms with Gasteiger partial charge in [0.15, 0.2) is 0 Å². The number of hydrogen-bond donors (Lipinski definition) is 1. The Bertz CT molecular complexity index is 929. The quantitative estimate of drug-likeness (QED) is 0.749. The minimum atomic E-state index is -0.134. The molecule has 2 aromatic carbocycles. The van der Waals surface area contributed by atoms with Gasteiger partial charge in [-0.1, -0.05) is 29.8 Å². The first kappa shape index (κ1) is 17.2. The average molecular weight is 361 g/mol. The third-order valence-electron chi connectivity index (χ3n) is 5.03. The standard InChI is InChI=1S/C22H23N3O2/c1-16-5-9-18(10-6-16)23-22(26)25-15-14-24-13-3-4-20(24)21(25)17-7-11-19(27-2)12-8-17/h3-13,21H,14-15H2,1-2H3,(H,23,26)/t21-/m1/s1. The molecule has 0 bridgehead atoms. The van der Waals surface area contributed by atoms with Crippen LogP contribution in [0, 0.1) is 6.92 Å². The van der Waals surface area contributed by atoms with Gasteiger partial charge in [-0.25, -0.2) is 4.79 Å². The molecule has 0 saturated carbocycles. The number of methoxy groups -OCH3 is 1. The summed E-state index contributed by atoms with van der Waals surface area (Å²) >= 11 is 0. The second-order valence-electron chi connectivity index (χ2n) is 6.79. The van der Waals surface area contributed by atoms with Gasteiger partial charge < -0.3 is 19.5 Å². The Morgan fingerprint density at radius 2 is 1.78 bits per heavy atom. The normalized spacial score (nSPS) is 15.9. The van der Waals surface area contributed by atoms with Crippen molar-refractivity contribution in [3.63, 3.8) is 0 Å². The van der Waals surface area contributed by atoms with Crippen LogP contribution in [0.3, 0.4) is 0 Å². The van der Waals surface area contributed by atoms with Crippen LogP contribution < -0.4 is 10.1 Å². The van der Waals surface area contributed by atoms with Crippen molar-refractivity contribution in [2.75, 3.05) is 19.0 Å². The number of aryl methyl sites for hydroxylation is 1. The monoisotopic (exact) mass is 361 g/mol. The number of nitrogens with zero attached hydrogens (tertiary/aromatic N) is 2. The Morgan fingerprint density at radius 1 is 1.04 bits per heavy atom. The van der Waals surface area contributed by atoms with E-state index in [0.29, 0.717) is 6.54 Å². The van der Waals surface area contributed by atoms with Crippen LogP contribution in [0.5, 0.6) is 5.75 Å². The van der Waals surface area contributed by atoms with E-state index >= 15 is 0 Å². The maximum atomic E-state index is 13.1. The molecule has 0 spiro atoms. The first-order valence-corrected chi connectivity index (χ1v) is 9.09. The molecule has 4 rings (SSSR count). The molecule has 138 valence electrons. The van der Waals surface area contributed by atoms with E-state index in [1.165, 1.54) is 5.56 Å². The Kier molecular flexibility index (Phi) is 4.59. The Labute approximate surface area is 159 Å². The molecule has 1 aromatic heterocycles. The van der Waals surface area contributed by atoms with Gasteiger partial charge in [-0.2, -0.15) is 0 Å². The molecule has 1 aliphatic rings. The van der Waals surface area contributed by atoms with Crippen molar-refractivity contribution in [2.45, 2.75) is 19.5 Å². The number of nitrogens with one attached hydrogen (secondary N) is 1. The molecule has 1 atom stereocenters.